The maximum absolute atomic E-state index is 12.9. The number of pyridine rings is 1. The number of benzene rings is 1. The van der Waals surface area contributed by atoms with Gasteiger partial charge in [0.05, 0.1) is 13.0 Å². The molecule has 1 aromatic carbocycles. The average molecular weight is 375 g/mol. The van der Waals surface area contributed by atoms with Crippen LogP contribution < -0.4 is 9.64 Å². The van der Waals surface area contributed by atoms with E-state index in [1.54, 1.807) is 17.4 Å². The van der Waals surface area contributed by atoms with E-state index < -0.39 is 0 Å². The summed E-state index contributed by atoms with van der Waals surface area (Å²) in [5.74, 6) is 3.21. The monoisotopic (exact) mass is 375 g/mol. The second-order valence-corrected chi connectivity index (χ2v) is 7.39. The lowest BCUT2D eigenvalue weighted by molar-refractivity contribution is -0.118. The number of ether oxygens (including phenoxy) is 1. The molecule has 0 N–H and O–H groups in total. The van der Waals surface area contributed by atoms with E-state index in [4.69, 9.17) is 4.74 Å². The molecule has 2 atom stereocenters. The summed E-state index contributed by atoms with van der Waals surface area (Å²) in [4.78, 5) is 19.0. The van der Waals surface area contributed by atoms with Gasteiger partial charge in [0.2, 0.25) is 5.91 Å². The second-order valence-electron chi connectivity index (χ2n) is 7.39. The van der Waals surface area contributed by atoms with Crippen molar-refractivity contribution in [2.45, 2.75) is 24.7 Å². The summed E-state index contributed by atoms with van der Waals surface area (Å²) in [6, 6.07) is 12.0. The SMILES string of the molecule is Cn1cnnc1[C@@H]1C[C@@H]1c1cccc(CC(=O)N2CCOc3cccnc32)c1. The Bertz CT molecular complexity index is 1030. The highest BCUT2D eigenvalue weighted by Crippen LogP contribution is 2.53. The molecule has 3 heterocycles. The van der Waals surface area contributed by atoms with Crippen LogP contribution in [0.3, 0.4) is 0 Å². The second kappa shape index (κ2) is 6.74. The predicted octanol–water partition coefficient (Wildman–Crippen LogP) is 2.45. The van der Waals surface area contributed by atoms with Crippen LogP contribution in [0.1, 0.15) is 35.2 Å². The topological polar surface area (TPSA) is 73.1 Å². The van der Waals surface area contributed by atoms with Gasteiger partial charge in [0.15, 0.2) is 11.6 Å². The third-order valence-electron chi connectivity index (χ3n) is 5.48. The number of carbonyl (C=O) groups is 1. The first-order valence-electron chi connectivity index (χ1n) is 9.51. The molecule has 7 heteroatoms. The maximum atomic E-state index is 12.9. The summed E-state index contributed by atoms with van der Waals surface area (Å²) < 4.78 is 7.59. The molecule has 5 rings (SSSR count). The van der Waals surface area contributed by atoms with Gasteiger partial charge in [0, 0.05) is 19.2 Å². The van der Waals surface area contributed by atoms with Crippen molar-refractivity contribution in [1.29, 1.82) is 0 Å². The molecule has 142 valence electrons. The molecule has 28 heavy (non-hydrogen) atoms. The molecule has 2 aliphatic rings. The van der Waals surface area contributed by atoms with Crippen molar-refractivity contribution in [3.05, 3.63) is 65.9 Å². The molecule has 3 aromatic rings. The largest absolute Gasteiger partial charge is 0.488 e. The van der Waals surface area contributed by atoms with Crippen molar-refractivity contribution in [3.63, 3.8) is 0 Å². The van der Waals surface area contributed by atoms with Crippen LogP contribution in [0, 0.1) is 0 Å². The Hall–Kier alpha value is -3.22. The molecule has 1 amide bonds. The molecule has 0 spiro atoms. The molecule has 1 aliphatic carbocycles. The van der Waals surface area contributed by atoms with Gasteiger partial charge in [0.1, 0.15) is 18.8 Å². The zero-order valence-corrected chi connectivity index (χ0v) is 15.7. The maximum Gasteiger partial charge on any atom is 0.232 e. The van der Waals surface area contributed by atoms with Gasteiger partial charge in [-0.3, -0.25) is 9.69 Å². The standard InChI is InChI=1S/C21H21N5O2/c1-25-13-23-24-20(25)17-12-16(17)15-5-2-4-14(10-15)11-19(27)26-8-9-28-18-6-3-7-22-21(18)26/h2-7,10,13,16-17H,8-9,11-12H2,1H3/t16-,17-/m1/s1. The number of aromatic nitrogens is 4. The van der Waals surface area contributed by atoms with E-state index in [0.29, 0.717) is 43.0 Å². The Morgan fingerprint density at radius 2 is 2.18 bits per heavy atom. The zero-order chi connectivity index (χ0) is 19.1. The molecule has 7 nitrogen and oxygen atoms in total. The van der Waals surface area contributed by atoms with Crippen molar-refractivity contribution >= 4 is 11.7 Å². The third kappa shape index (κ3) is 3.02. The summed E-state index contributed by atoms with van der Waals surface area (Å²) in [7, 11) is 1.98. The first kappa shape index (κ1) is 16.9. The molecule has 2 aromatic heterocycles. The number of fused-ring (bicyclic) bond motifs is 1. The first-order valence-corrected chi connectivity index (χ1v) is 9.51. The van der Waals surface area contributed by atoms with Crippen LogP contribution in [0.2, 0.25) is 0 Å². The fraction of sp³-hybridized carbons (Fsp3) is 0.333. The van der Waals surface area contributed by atoms with E-state index in [0.717, 1.165) is 17.8 Å². The highest BCUT2D eigenvalue weighted by molar-refractivity contribution is 5.95. The highest BCUT2D eigenvalue weighted by Gasteiger charge is 2.42. The molecule has 1 aliphatic heterocycles. The fourth-order valence-corrected chi connectivity index (χ4v) is 3.97. The van der Waals surface area contributed by atoms with Gasteiger partial charge in [-0.15, -0.1) is 10.2 Å². The quantitative estimate of drug-likeness (QED) is 0.700. The summed E-state index contributed by atoms with van der Waals surface area (Å²) in [6.45, 7) is 1.02. The van der Waals surface area contributed by atoms with Gasteiger partial charge in [0.25, 0.3) is 0 Å². The van der Waals surface area contributed by atoms with E-state index >= 15 is 0 Å². The zero-order valence-electron chi connectivity index (χ0n) is 15.7. The van der Waals surface area contributed by atoms with Crippen molar-refractivity contribution in [3.8, 4) is 5.75 Å². The molecule has 0 saturated heterocycles. The lowest BCUT2D eigenvalue weighted by Gasteiger charge is -2.28. The van der Waals surface area contributed by atoms with Crippen LogP contribution in [0.15, 0.2) is 48.9 Å². The number of rotatable bonds is 4. The molecular weight excluding hydrogens is 354 g/mol. The van der Waals surface area contributed by atoms with E-state index in [2.05, 4.69) is 27.3 Å². The number of aryl methyl sites for hydroxylation is 1. The van der Waals surface area contributed by atoms with Crippen LogP contribution in [0.25, 0.3) is 0 Å². The Morgan fingerprint density at radius 3 is 3.04 bits per heavy atom. The van der Waals surface area contributed by atoms with E-state index in [-0.39, 0.29) is 5.91 Å². The molecular formula is C21H21N5O2. The summed E-state index contributed by atoms with van der Waals surface area (Å²) in [5.41, 5.74) is 2.29. The minimum atomic E-state index is 0.0426. The van der Waals surface area contributed by atoms with E-state index in [9.17, 15) is 4.79 Å². The van der Waals surface area contributed by atoms with E-state index in [1.807, 2.05) is 35.9 Å². The summed E-state index contributed by atoms with van der Waals surface area (Å²) in [5, 5.41) is 8.23. The lowest BCUT2D eigenvalue weighted by Crippen LogP contribution is -2.39. The normalized spacial score (nSPS) is 20.4. The number of carbonyl (C=O) groups excluding carboxylic acids is 1. The van der Waals surface area contributed by atoms with Crippen LogP contribution in [0.5, 0.6) is 5.75 Å². The van der Waals surface area contributed by atoms with Gasteiger partial charge < -0.3 is 9.30 Å². The van der Waals surface area contributed by atoms with Crippen LogP contribution in [-0.2, 0) is 18.3 Å². The van der Waals surface area contributed by atoms with Crippen molar-refractivity contribution in [2.24, 2.45) is 7.05 Å². The number of hydrogen-bond donors (Lipinski definition) is 0. The number of anilines is 1. The van der Waals surface area contributed by atoms with Crippen LogP contribution >= 0.6 is 0 Å². The van der Waals surface area contributed by atoms with Crippen molar-refractivity contribution in [1.82, 2.24) is 19.7 Å². The van der Waals surface area contributed by atoms with Crippen molar-refractivity contribution in [2.75, 3.05) is 18.1 Å². The van der Waals surface area contributed by atoms with Crippen molar-refractivity contribution < 1.29 is 9.53 Å². The molecule has 0 radical (unpaired) electrons. The Labute approximate surface area is 163 Å². The third-order valence-corrected chi connectivity index (χ3v) is 5.48. The number of amides is 1. The molecule has 0 bridgehead atoms. The smallest absolute Gasteiger partial charge is 0.232 e. The minimum absolute atomic E-state index is 0.0426. The Kier molecular flexibility index (Phi) is 4.07. The highest BCUT2D eigenvalue weighted by atomic mass is 16.5. The van der Waals surface area contributed by atoms with E-state index in [1.165, 1.54) is 5.56 Å². The Balaban J connectivity index is 1.32. The average Bonchev–Trinajstić information content (AvgIpc) is 3.40. The first-order chi connectivity index (χ1) is 13.7. The molecule has 1 fully saturated rings. The number of nitrogens with zero attached hydrogens (tertiary/aromatic N) is 5. The fourth-order valence-electron chi connectivity index (χ4n) is 3.97. The van der Waals surface area contributed by atoms with Gasteiger partial charge in [-0.25, -0.2) is 4.98 Å². The molecule has 1 saturated carbocycles. The Morgan fingerprint density at radius 1 is 1.25 bits per heavy atom. The summed E-state index contributed by atoms with van der Waals surface area (Å²) >= 11 is 0. The molecule has 0 unspecified atom stereocenters. The van der Waals surface area contributed by atoms with Crippen LogP contribution in [-0.4, -0.2) is 38.8 Å². The lowest BCUT2D eigenvalue weighted by atomic mass is 10.0. The van der Waals surface area contributed by atoms with Gasteiger partial charge in [-0.1, -0.05) is 24.3 Å². The van der Waals surface area contributed by atoms with Gasteiger partial charge >= 0.3 is 0 Å². The minimum Gasteiger partial charge on any atom is -0.488 e. The summed E-state index contributed by atoms with van der Waals surface area (Å²) in [6.07, 6.45) is 4.86. The predicted molar refractivity (Wildman–Crippen MR) is 103 cm³/mol. The van der Waals surface area contributed by atoms with Gasteiger partial charge in [-0.2, -0.15) is 0 Å². The van der Waals surface area contributed by atoms with Gasteiger partial charge in [-0.05, 0) is 35.6 Å². The van der Waals surface area contributed by atoms with Crippen LogP contribution in [0.4, 0.5) is 5.82 Å². The number of hydrogen-bond acceptors (Lipinski definition) is 5.